The van der Waals surface area contributed by atoms with Crippen LogP contribution in [0.2, 0.25) is 0 Å². The molecule has 0 spiro atoms. The lowest BCUT2D eigenvalue weighted by Crippen LogP contribution is -2.32. The molecule has 1 aliphatic rings. The highest BCUT2D eigenvalue weighted by Gasteiger charge is 2.37. The Bertz CT molecular complexity index is 733. The standard InChI is InChI=1S/C16H17F3N4O2/c17-16(18,19)12-3-1-2-11(6-12)14-7-13(24)8-23(14)15(25)4-5-22-10-20-9-21-22/h1-3,6,9-10,13-14,24H,4-5,7-8H2/t13-,14+/m0/s1. The van der Waals surface area contributed by atoms with Gasteiger partial charge in [-0.15, -0.1) is 0 Å². The number of β-amino-alcohol motifs (C(OH)–C–C–N with tert-alkyl or cyclic N) is 1. The Kier molecular flexibility index (Phi) is 4.76. The number of aliphatic hydroxyl groups excluding tert-OH is 1. The van der Waals surface area contributed by atoms with Crippen LogP contribution in [0.15, 0.2) is 36.9 Å². The molecule has 0 aliphatic carbocycles. The van der Waals surface area contributed by atoms with Crippen LogP contribution in [0.1, 0.15) is 30.0 Å². The Morgan fingerprint density at radius 2 is 2.16 bits per heavy atom. The number of benzene rings is 1. The Morgan fingerprint density at radius 1 is 1.36 bits per heavy atom. The molecule has 1 aromatic heterocycles. The van der Waals surface area contributed by atoms with E-state index in [9.17, 15) is 23.1 Å². The highest BCUT2D eigenvalue weighted by molar-refractivity contribution is 5.77. The Balaban J connectivity index is 1.76. The molecule has 0 bridgehead atoms. The number of aliphatic hydroxyl groups is 1. The molecule has 0 radical (unpaired) electrons. The van der Waals surface area contributed by atoms with Crippen molar-refractivity contribution in [1.82, 2.24) is 19.7 Å². The number of likely N-dealkylation sites (tertiary alicyclic amines) is 1. The normalized spacial score (nSPS) is 20.9. The fraction of sp³-hybridized carbons (Fsp3) is 0.438. The van der Waals surface area contributed by atoms with Crippen LogP contribution in [0.4, 0.5) is 13.2 Å². The molecule has 2 aromatic rings. The van der Waals surface area contributed by atoms with Crippen molar-refractivity contribution in [2.45, 2.75) is 37.7 Å². The molecule has 0 saturated carbocycles. The monoisotopic (exact) mass is 354 g/mol. The Labute approximate surface area is 141 Å². The summed E-state index contributed by atoms with van der Waals surface area (Å²) in [6.45, 7) is 0.428. The highest BCUT2D eigenvalue weighted by Crippen LogP contribution is 2.36. The first-order valence-corrected chi connectivity index (χ1v) is 7.81. The van der Waals surface area contributed by atoms with Crippen molar-refractivity contribution in [2.24, 2.45) is 0 Å². The Morgan fingerprint density at radius 3 is 2.84 bits per heavy atom. The van der Waals surface area contributed by atoms with Crippen molar-refractivity contribution in [3.05, 3.63) is 48.0 Å². The maximum absolute atomic E-state index is 12.9. The van der Waals surface area contributed by atoms with Gasteiger partial charge in [-0.25, -0.2) is 4.98 Å². The van der Waals surface area contributed by atoms with Gasteiger partial charge < -0.3 is 10.0 Å². The minimum absolute atomic E-state index is 0.108. The lowest BCUT2D eigenvalue weighted by Gasteiger charge is -2.25. The van der Waals surface area contributed by atoms with E-state index in [1.807, 2.05) is 0 Å². The van der Waals surface area contributed by atoms with E-state index in [0.29, 0.717) is 12.1 Å². The molecule has 0 unspecified atom stereocenters. The van der Waals surface area contributed by atoms with E-state index in [4.69, 9.17) is 0 Å². The van der Waals surface area contributed by atoms with E-state index < -0.39 is 23.9 Å². The molecule has 1 amide bonds. The smallest absolute Gasteiger partial charge is 0.391 e. The molecule has 134 valence electrons. The molecular formula is C16H17F3N4O2. The van der Waals surface area contributed by atoms with Crippen LogP contribution < -0.4 is 0 Å². The Hall–Kier alpha value is -2.42. The number of hydrogen-bond donors (Lipinski definition) is 1. The molecule has 1 saturated heterocycles. The number of aromatic nitrogens is 3. The molecule has 3 rings (SSSR count). The maximum Gasteiger partial charge on any atom is 0.416 e. The first-order chi connectivity index (χ1) is 11.8. The fourth-order valence-electron chi connectivity index (χ4n) is 3.03. The van der Waals surface area contributed by atoms with Crippen molar-refractivity contribution < 1.29 is 23.1 Å². The lowest BCUT2D eigenvalue weighted by molar-refractivity contribution is -0.137. The van der Waals surface area contributed by atoms with Gasteiger partial charge in [-0.3, -0.25) is 9.48 Å². The summed E-state index contributed by atoms with van der Waals surface area (Å²) in [7, 11) is 0. The summed E-state index contributed by atoms with van der Waals surface area (Å²) >= 11 is 0. The molecule has 2 atom stereocenters. The first kappa shape index (κ1) is 17.4. The van der Waals surface area contributed by atoms with Gasteiger partial charge in [0.25, 0.3) is 0 Å². The molecule has 6 nitrogen and oxygen atoms in total. The second-order valence-electron chi connectivity index (χ2n) is 5.98. The quantitative estimate of drug-likeness (QED) is 0.912. The molecule has 2 heterocycles. The van der Waals surface area contributed by atoms with Gasteiger partial charge in [0, 0.05) is 13.0 Å². The van der Waals surface area contributed by atoms with Gasteiger partial charge >= 0.3 is 6.18 Å². The van der Waals surface area contributed by atoms with E-state index in [0.717, 1.165) is 12.1 Å². The number of rotatable bonds is 4. The third-order valence-corrected chi connectivity index (χ3v) is 4.22. The first-order valence-electron chi connectivity index (χ1n) is 7.81. The molecule has 1 fully saturated rings. The molecular weight excluding hydrogens is 337 g/mol. The zero-order valence-corrected chi connectivity index (χ0v) is 13.2. The number of amides is 1. The largest absolute Gasteiger partial charge is 0.416 e. The molecule has 9 heteroatoms. The fourth-order valence-corrected chi connectivity index (χ4v) is 3.03. The summed E-state index contributed by atoms with van der Waals surface area (Å²) in [6.07, 6.45) is -2.02. The molecule has 25 heavy (non-hydrogen) atoms. The zero-order chi connectivity index (χ0) is 18.0. The summed E-state index contributed by atoms with van der Waals surface area (Å²) in [5, 5.41) is 13.8. The van der Waals surface area contributed by atoms with Crippen LogP contribution in [0.3, 0.4) is 0 Å². The lowest BCUT2D eigenvalue weighted by atomic mass is 10.0. The van der Waals surface area contributed by atoms with Crippen molar-refractivity contribution in [3.8, 4) is 0 Å². The summed E-state index contributed by atoms with van der Waals surface area (Å²) in [4.78, 5) is 17.7. The van der Waals surface area contributed by atoms with Crippen LogP contribution in [-0.4, -0.2) is 43.3 Å². The third-order valence-electron chi connectivity index (χ3n) is 4.22. The number of carbonyl (C=O) groups is 1. The van der Waals surface area contributed by atoms with Gasteiger partial charge in [-0.05, 0) is 24.1 Å². The zero-order valence-electron chi connectivity index (χ0n) is 13.2. The third kappa shape index (κ3) is 3.98. The number of halogens is 3. The summed E-state index contributed by atoms with van der Waals surface area (Å²) in [5.74, 6) is -0.241. The topological polar surface area (TPSA) is 71.2 Å². The van der Waals surface area contributed by atoms with E-state index >= 15 is 0 Å². The number of hydrogen-bond acceptors (Lipinski definition) is 4. The summed E-state index contributed by atoms with van der Waals surface area (Å²) in [5.41, 5.74) is -0.387. The van der Waals surface area contributed by atoms with Crippen molar-refractivity contribution in [3.63, 3.8) is 0 Å². The van der Waals surface area contributed by atoms with Crippen LogP contribution >= 0.6 is 0 Å². The molecule has 1 N–H and O–H groups in total. The SMILES string of the molecule is O=C(CCn1cncn1)N1C[C@@H](O)C[C@@H]1c1cccc(C(F)(F)F)c1. The van der Waals surface area contributed by atoms with Crippen molar-refractivity contribution in [1.29, 1.82) is 0 Å². The van der Waals surface area contributed by atoms with Crippen molar-refractivity contribution >= 4 is 5.91 Å². The van der Waals surface area contributed by atoms with Gasteiger partial charge in [0.2, 0.25) is 5.91 Å². The maximum atomic E-state index is 12.9. The van der Waals surface area contributed by atoms with Gasteiger partial charge in [-0.2, -0.15) is 18.3 Å². The average Bonchev–Trinajstić information content (AvgIpc) is 3.21. The molecule has 1 aromatic carbocycles. The van der Waals surface area contributed by atoms with Gasteiger partial charge in [0.1, 0.15) is 12.7 Å². The number of carbonyl (C=O) groups excluding carboxylic acids is 1. The average molecular weight is 354 g/mol. The summed E-state index contributed by atoms with van der Waals surface area (Å²) < 4.78 is 40.3. The van der Waals surface area contributed by atoms with E-state index in [-0.39, 0.29) is 25.3 Å². The minimum Gasteiger partial charge on any atom is -0.391 e. The number of alkyl halides is 3. The predicted molar refractivity (Wildman–Crippen MR) is 81.2 cm³/mol. The highest BCUT2D eigenvalue weighted by atomic mass is 19.4. The summed E-state index contributed by atoms with van der Waals surface area (Å²) in [6, 6.07) is 4.34. The van der Waals surface area contributed by atoms with E-state index in [2.05, 4.69) is 10.1 Å². The minimum atomic E-state index is -4.45. The predicted octanol–water partition coefficient (Wildman–Crippen LogP) is 2.02. The van der Waals surface area contributed by atoms with Crippen LogP contribution in [0, 0.1) is 0 Å². The van der Waals surface area contributed by atoms with E-state index in [1.165, 1.54) is 28.3 Å². The van der Waals surface area contributed by atoms with Crippen LogP contribution in [-0.2, 0) is 17.5 Å². The van der Waals surface area contributed by atoms with Gasteiger partial charge in [0.05, 0.1) is 24.3 Å². The number of aryl methyl sites for hydroxylation is 1. The van der Waals surface area contributed by atoms with Crippen LogP contribution in [0.5, 0.6) is 0 Å². The van der Waals surface area contributed by atoms with Gasteiger partial charge in [-0.1, -0.05) is 12.1 Å². The second kappa shape index (κ2) is 6.83. The van der Waals surface area contributed by atoms with E-state index in [1.54, 1.807) is 6.07 Å². The number of nitrogens with zero attached hydrogens (tertiary/aromatic N) is 4. The second-order valence-corrected chi connectivity index (χ2v) is 5.98. The van der Waals surface area contributed by atoms with Crippen LogP contribution in [0.25, 0.3) is 0 Å². The molecule has 1 aliphatic heterocycles. The van der Waals surface area contributed by atoms with Crippen molar-refractivity contribution in [2.75, 3.05) is 6.54 Å². The van der Waals surface area contributed by atoms with Gasteiger partial charge in [0.15, 0.2) is 0 Å².